The monoisotopic (exact) mass is 368 g/mol. The second-order valence-electron chi connectivity index (χ2n) is 6.84. The Bertz CT molecular complexity index is 946. The fraction of sp³-hybridized carbons (Fsp3) is 0.368. The molecule has 1 fully saturated rings. The standard InChI is InChI=1S/C19H21FN6O/c1-13-22-23-17-6-7-18(24-26(13)17)25-10-8-16(9-11-25)21-19(27)12-14-2-4-15(20)5-3-14/h2-7,16H,8-12H2,1H3,(H,21,27). The summed E-state index contributed by atoms with van der Waals surface area (Å²) in [6.07, 6.45) is 1.98. The number of aryl methyl sites for hydroxylation is 1. The fourth-order valence-electron chi connectivity index (χ4n) is 3.37. The van der Waals surface area contributed by atoms with Crippen molar-refractivity contribution >= 4 is 17.4 Å². The average Bonchev–Trinajstić information content (AvgIpc) is 3.05. The second-order valence-corrected chi connectivity index (χ2v) is 6.84. The fourth-order valence-corrected chi connectivity index (χ4v) is 3.37. The van der Waals surface area contributed by atoms with Crippen molar-refractivity contribution in [2.75, 3.05) is 18.0 Å². The van der Waals surface area contributed by atoms with Gasteiger partial charge in [-0.05, 0) is 49.6 Å². The van der Waals surface area contributed by atoms with Gasteiger partial charge in [-0.1, -0.05) is 12.1 Å². The highest BCUT2D eigenvalue weighted by Gasteiger charge is 2.22. The molecule has 1 N–H and O–H groups in total. The van der Waals surface area contributed by atoms with E-state index in [0.717, 1.165) is 48.8 Å². The summed E-state index contributed by atoms with van der Waals surface area (Å²) >= 11 is 0. The lowest BCUT2D eigenvalue weighted by molar-refractivity contribution is -0.121. The summed E-state index contributed by atoms with van der Waals surface area (Å²) in [4.78, 5) is 14.4. The number of amides is 1. The molecule has 1 aromatic carbocycles. The van der Waals surface area contributed by atoms with E-state index in [1.165, 1.54) is 12.1 Å². The molecule has 0 saturated carbocycles. The van der Waals surface area contributed by atoms with Crippen molar-refractivity contribution in [1.29, 1.82) is 0 Å². The van der Waals surface area contributed by atoms with Crippen molar-refractivity contribution in [3.63, 3.8) is 0 Å². The van der Waals surface area contributed by atoms with Gasteiger partial charge < -0.3 is 10.2 Å². The number of hydrogen-bond donors (Lipinski definition) is 1. The summed E-state index contributed by atoms with van der Waals surface area (Å²) in [5.41, 5.74) is 1.55. The number of aromatic nitrogens is 4. The van der Waals surface area contributed by atoms with Gasteiger partial charge in [-0.15, -0.1) is 15.3 Å². The molecule has 8 heteroatoms. The number of rotatable bonds is 4. The highest BCUT2D eigenvalue weighted by Crippen LogP contribution is 2.18. The number of nitrogens with one attached hydrogen (secondary N) is 1. The Morgan fingerprint density at radius 2 is 1.89 bits per heavy atom. The largest absolute Gasteiger partial charge is 0.355 e. The number of anilines is 1. The summed E-state index contributed by atoms with van der Waals surface area (Å²) in [5, 5.41) is 15.8. The lowest BCUT2D eigenvalue weighted by Gasteiger charge is -2.33. The Labute approximate surface area is 156 Å². The van der Waals surface area contributed by atoms with Gasteiger partial charge in [0.15, 0.2) is 11.5 Å². The summed E-state index contributed by atoms with van der Waals surface area (Å²) in [5.74, 6) is 1.33. The van der Waals surface area contributed by atoms with Crippen LogP contribution in [0.15, 0.2) is 36.4 Å². The minimum absolute atomic E-state index is 0.0280. The normalized spacial score (nSPS) is 15.3. The van der Waals surface area contributed by atoms with Crippen molar-refractivity contribution in [3.05, 3.63) is 53.6 Å². The maximum Gasteiger partial charge on any atom is 0.224 e. The molecule has 27 heavy (non-hydrogen) atoms. The van der Waals surface area contributed by atoms with E-state index in [1.807, 2.05) is 19.1 Å². The lowest BCUT2D eigenvalue weighted by Crippen LogP contribution is -2.45. The van der Waals surface area contributed by atoms with Crippen LogP contribution in [0.1, 0.15) is 24.2 Å². The van der Waals surface area contributed by atoms with Crippen molar-refractivity contribution < 1.29 is 9.18 Å². The zero-order chi connectivity index (χ0) is 18.8. The van der Waals surface area contributed by atoms with Gasteiger partial charge in [-0.2, -0.15) is 4.52 Å². The lowest BCUT2D eigenvalue weighted by atomic mass is 10.0. The number of piperidine rings is 1. The van der Waals surface area contributed by atoms with Crippen LogP contribution in [0.2, 0.25) is 0 Å². The Balaban J connectivity index is 1.32. The summed E-state index contributed by atoms with van der Waals surface area (Å²) < 4.78 is 14.7. The molecule has 2 aromatic heterocycles. The van der Waals surface area contributed by atoms with E-state index in [4.69, 9.17) is 0 Å². The van der Waals surface area contributed by atoms with Crippen LogP contribution >= 0.6 is 0 Å². The van der Waals surface area contributed by atoms with E-state index in [0.29, 0.717) is 0 Å². The number of halogens is 1. The van der Waals surface area contributed by atoms with Crippen LogP contribution in [0.25, 0.3) is 5.65 Å². The first-order valence-electron chi connectivity index (χ1n) is 9.06. The zero-order valence-electron chi connectivity index (χ0n) is 15.1. The maximum absolute atomic E-state index is 12.9. The van der Waals surface area contributed by atoms with Crippen LogP contribution in [-0.2, 0) is 11.2 Å². The van der Waals surface area contributed by atoms with Crippen molar-refractivity contribution in [1.82, 2.24) is 25.1 Å². The molecule has 1 aliphatic rings. The van der Waals surface area contributed by atoms with Gasteiger partial charge in [-0.3, -0.25) is 4.79 Å². The number of nitrogens with zero attached hydrogens (tertiary/aromatic N) is 5. The van der Waals surface area contributed by atoms with Gasteiger partial charge in [0.2, 0.25) is 5.91 Å². The Kier molecular flexibility index (Phi) is 4.70. The van der Waals surface area contributed by atoms with Gasteiger partial charge in [0.25, 0.3) is 0 Å². The molecule has 0 aliphatic carbocycles. The Morgan fingerprint density at radius 3 is 2.63 bits per heavy atom. The zero-order valence-corrected chi connectivity index (χ0v) is 15.1. The van der Waals surface area contributed by atoms with E-state index < -0.39 is 0 Å². The molecule has 0 unspecified atom stereocenters. The van der Waals surface area contributed by atoms with Crippen molar-refractivity contribution in [2.45, 2.75) is 32.2 Å². The summed E-state index contributed by atoms with van der Waals surface area (Å²) in [7, 11) is 0. The van der Waals surface area contributed by atoms with Crippen LogP contribution in [0, 0.1) is 12.7 Å². The van der Waals surface area contributed by atoms with Crippen LogP contribution in [0.3, 0.4) is 0 Å². The van der Waals surface area contributed by atoms with E-state index in [1.54, 1.807) is 16.6 Å². The summed E-state index contributed by atoms with van der Waals surface area (Å²) in [6, 6.07) is 10.1. The third-order valence-electron chi connectivity index (χ3n) is 4.87. The number of hydrogen-bond acceptors (Lipinski definition) is 5. The molecule has 4 rings (SSSR count). The van der Waals surface area contributed by atoms with Crippen LogP contribution in [-0.4, -0.2) is 44.8 Å². The topological polar surface area (TPSA) is 75.4 Å². The highest BCUT2D eigenvalue weighted by atomic mass is 19.1. The molecule has 0 spiro atoms. The molecule has 1 saturated heterocycles. The Morgan fingerprint density at radius 1 is 1.15 bits per heavy atom. The van der Waals surface area contributed by atoms with Crippen molar-refractivity contribution in [3.8, 4) is 0 Å². The van der Waals surface area contributed by atoms with Crippen LogP contribution < -0.4 is 10.2 Å². The molecule has 140 valence electrons. The number of carbonyl (C=O) groups is 1. The minimum Gasteiger partial charge on any atom is -0.355 e. The quantitative estimate of drug-likeness (QED) is 0.761. The molecule has 0 atom stereocenters. The SMILES string of the molecule is Cc1nnc2ccc(N3CCC(NC(=O)Cc4ccc(F)cc4)CC3)nn12. The first-order chi connectivity index (χ1) is 13.1. The minimum atomic E-state index is -0.292. The molecule has 1 aliphatic heterocycles. The first-order valence-corrected chi connectivity index (χ1v) is 9.06. The second kappa shape index (κ2) is 7.30. The predicted octanol–water partition coefficient (Wildman–Crippen LogP) is 1.90. The number of fused-ring (bicyclic) bond motifs is 1. The van der Waals surface area contributed by atoms with Gasteiger partial charge in [0.1, 0.15) is 11.6 Å². The van der Waals surface area contributed by atoms with Crippen LogP contribution in [0.5, 0.6) is 0 Å². The van der Waals surface area contributed by atoms with Gasteiger partial charge in [0.05, 0.1) is 6.42 Å². The first kappa shape index (κ1) is 17.4. The van der Waals surface area contributed by atoms with Gasteiger partial charge in [0, 0.05) is 19.1 Å². The Hall–Kier alpha value is -3.03. The molecule has 3 heterocycles. The predicted molar refractivity (Wildman–Crippen MR) is 99.0 cm³/mol. The molecule has 1 amide bonds. The maximum atomic E-state index is 12.9. The van der Waals surface area contributed by atoms with E-state index in [-0.39, 0.29) is 24.2 Å². The smallest absolute Gasteiger partial charge is 0.224 e. The number of benzene rings is 1. The molecule has 0 bridgehead atoms. The highest BCUT2D eigenvalue weighted by molar-refractivity contribution is 5.78. The number of carbonyl (C=O) groups excluding carboxylic acids is 1. The molecular weight excluding hydrogens is 347 g/mol. The molecular formula is C19H21FN6O. The van der Waals surface area contributed by atoms with E-state index >= 15 is 0 Å². The third kappa shape index (κ3) is 3.89. The average molecular weight is 368 g/mol. The van der Waals surface area contributed by atoms with Gasteiger partial charge >= 0.3 is 0 Å². The molecule has 0 radical (unpaired) electrons. The third-order valence-corrected chi connectivity index (χ3v) is 4.87. The van der Waals surface area contributed by atoms with Crippen LogP contribution in [0.4, 0.5) is 10.2 Å². The van der Waals surface area contributed by atoms with E-state index in [2.05, 4.69) is 25.5 Å². The summed E-state index contributed by atoms with van der Waals surface area (Å²) in [6.45, 7) is 3.52. The molecule has 3 aromatic rings. The molecule has 7 nitrogen and oxygen atoms in total. The van der Waals surface area contributed by atoms with E-state index in [9.17, 15) is 9.18 Å². The van der Waals surface area contributed by atoms with Gasteiger partial charge in [-0.25, -0.2) is 4.39 Å². The van der Waals surface area contributed by atoms with Crippen molar-refractivity contribution in [2.24, 2.45) is 0 Å².